The van der Waals surface area contributed by atoms with E-state index < -0.39 is 12.1 Å². The molecular weight excluding hydrogens is 444 g/mol. The van der Waals surface area contributed by atoms with E-state index in [1.807, 2.05) is 38.1 Å². The molecule has 1 aliphatic rings. The van der Waals surface area contributed by atoms with E-state index in [4.69, 9.17) is 17.0 Å². The third kappa shape index (κ3) is 4.58. The highest BCUT2D eigenvalue weighted by molar-refractivity contribution is 7.73. The van der Waals surface area contributed by atoms with Gasteiger partial charge in [0.1, 0.15) is 12.6 Å². The number of rotatable bonds is 7. The second-order valence-electron chi connectivity index (χ2n) is 7.74. The Balaban J connectivity index is 1.44. The summed E-state index contributed by atoms with van der Waals surface area (Å²) in [5, 5.41) is 12.4. The zero-order chi connectivity index (χ0) is 22.7. The Morgan fingerprint density at radius 1 is 1.16 bits per heavy atom. The number of hydrogen-bond acceptors (Lipinski definition) is 6. The van der Waals surface area contributed by atoms with E-state index in [1.54, 1.807) is 0 Å². The van der Waals surface area contributed by atoms with Crippen molar-refractivity contribution in [2.75, 3.05) is 11.9 Å². The molecular formula is C23H24N4O3S2. The van der Waals surface area contributed by atoms with Gasteiger partial charge in [0.15, 0.2) is 3.95 Å². The Morgan fingerprint density at radius 3 is 2.34 bits per heavy atom. The van der Waals surface area contributed by atoms with Crippen LogP contribution < -0.4 is 10.6 Å². The SMILES string of the molecule is CC[C@H](C)[C@H](NC(=O)OCC1c2ccccc2-c2ccccc21)C(=O)Nc1n[nH]c(=S)s1. The molecule has 4 rings (SSSR count). The number of aromatic nitrogens is 2. The van der Waals surface area contributed by atoms with Gasteiger partial charge in [-0.25, -0.2) is 4.79 Å². The van der Waals surface area contributed by atoms with Crippen LogP contribution in [0.3, 0.4) is 0 Å². The lowest BCUT2D eigenvalue weighted by Crippen LogP contribution is -2.48. The van der Waals surface area contributed by atoms with E-state index in [2.05, 4.69) is 45.1 Å². The average Bonchev–Trinajstić information content (AvgIpc) is 3.36. The van der Waals surface area contributed by atoms with Gasteiger partial charge in [0.05, 0.1) is 0 Å². The predicted octanol–water partition coefficient (Wildman–Crippen LogP) is 5.09. The zero-order valence-corrected chi connectivity index (χ0v) is 19.4. The summed E-state index contributed by atoms with van der Waals surface area (Å²) in [4.78, 5) is 25.4. The van der Waals surface area contributed by atoms with Crippen LogP contribution in [-0.4, -0.2) is 34.8 Å². The van der Waals surface area contributed by atoms with Crippen LogP contribution in [0.15, 0.2) is 48.5 Å². The normalized spacial score (nSPS) is 14.2. The van der Waals surface area contributed by atoms with Gasteiger partial charge in [-0.15, -0.1) is 5.10 Å². The summed E-state index contributed by atoms with van der Waals surface area (Å²) >= 11 is 6.16. The molecule has 0 fully saturated rings. The van der Waals surface area contributed by atoms with Gasteiger partial charge in [0, 0.05) is 5.92 Å². The topological polar surface area (TPSA) is 96.1 Å². The Labute approximate surface area is 195 Å². The molecule has 0 unspecified atom stereocenters. The maximum atomic E-state index is 12.8. The van der Waals surface area contributed by atoms with Crippen molar-refractivity contribution in [3.05, 3.63) is 63.6 Å². The number of nitrogens with zero attached hydrogens (tertiary/aromatic N) is 1. The van der Waals surface area contributed by atoms with Crippen molar-refractivity contribution >= 4 is 40.7 Å². The van der Waals surface area contributed by atoms with E-state index in [1.165, 1.54) is 0 Å². The number of nitrogens with one attached hydrogen (secondary N) is 3. The lowest BCUT2D eigenvalue weighted by Gasteiger charge is -2.23. The van der Waals surface area contributed by atoms with Crippen molar-refractivity contribution in [2.45, 2.75) is 32.2 Å². The van der Waals surface area contributed by atoms with Gasteiger partial charge in [-0.3, -0.25) is 15.2 Å². The number of ether oxygens (including phenoxy) is 1. The first-order valence-corrected chi connectivity index (χ1v) is 11.7. The summed E-state index contributed by atoms with van der Waals surface area (Å²) in [6.07, 6.45) is 0.0832. The summed E-state index contributed by atoms with van der Waals surface area (Å²) in [6, 6.07) is 15.5. The van der Waals surface area contributed by atoms with Crippen molar-refractivity contribution < 1.29 is 14.3 Å². The molecule has 3 N–H and O–H groups in total. The highest BCUT2D eigenvalue weighted by Gasteiger charge is 2.31. The number of H-pyrrole nitrogens is 1. The Hall–Kier alpha value is -3.04. The molecule has 0 saturated carbocycles. The second-order valence-corrected chi connectivity index (χ2v) is 9.41. The molecule has 0 spiro atoms. The monoisotopic (exact) mass is 468 g/mol. The van der Waals surface area contributed by atoms with Gasteiger partial charge in [0.2, 0.25) is 11.0 Å². The summed E-state index contributed by atoms with van der Waals surface area (Å²) in [7, 11) is 0. The van der Waals surface area contributed by atoms with Gasteiger partial charge < -0.3 is 10.1 Å². The molecule has 2 amide bonds. The third-order valence-electron chi connectivity index (χ3n) is 5.78. The number of carbonyl (C=O) groups excluding carboxylic acids is 2. The van der Waals surface area contributed by atoms with Crippen LogP contribution in [0.5, 0.6) is 0 Å². The first-order valence-electron chi connectivity index (χ1n) is 10.5. The molecule has 3 aromatic rings. The van der Waals surface area contributed by atoms with Crippen molar-refractivity contribution in [1.29, 1.82) is 0 Å². The molecule has 0 saturated heterocycles. The van der Waals surface area contributed by atoms with E-state index in [0.29, 0.717) is 15.5 Å². The fraction of sp³-hybridized carbons (Fsp3) is 0.304. The summed E-state index contributed by atoms with van der Waals surface area (Å²) < 4.78 is 6.07. The first-order chi connectivity index (χ1) is 15.5. The number of amides is 2. The Kier molecular flexibility index (Phi) is 6.66. The van der Waals surface area contributed by atoms with Crippen molar-refractivity contribution in [1.82, 2.24) is 15.5 Å². The number of benzene rings is 2. The minimum Gasteiger partial charge on any atom is -0.449 e. The van der Waals surface area contributed by atoms with Crippen LogP contribution >= 0.6 is 23.6 Å². The maximum absolute atomic E-state index is 12.8. The zero-order valence-electron chi connectivity index (χ0n) is 17.8. The van der Waals surface area contributed by atoms with Gasteiger partial charge in [-0.05, 0) is 40.4 Å². The molecule has 0 aliphatic heterocycles. The van der Waals surface area contributed by atoms with E-state index in [-0.39, 0.29) is 24.3 Å². The summed E-state index contributed by atoms with van der Waals surface area (Å²) in [6.45, 7) is 4.05. The van der Waals surface area contributed by atoms with E-state index in [0.717, 1.165) is 33.6 Å². The molecule has 2 aromatic carbocycles. The Bertz CT molecular complexity index is 1140. The molecule has 1 aliphatic carbocycles. The minimum atomic E-state index is -0.756. The maximum Gasteiger partial charge on any atom is 0.407 e. The molecule has 7 nitrogen and oxygen atoms in total. The fourth-order valence-corrected chi connectivity index (χ4v) is 4.73. The smallest absolute Gasteiger partial charge is 0.407 e. The van der Waals surface area contributed by atoms with Gasteiger partial charge in [0.25, 0.3) is 0 Å². The number of alkyl carbamates (subject to hydrolysis) is 1. The van der Waals surface area contributed by atoms with Crippen LogP contribution in [0.1, 0.15) is 37.3 Å². The largest absolute Gasteiger partial charge is 0.449 e. The molecule has 166 valence electrons. The predicted molar refractivity (Wildman–Crippen MR) is 127 cm³/mol. The van der Waals surface area contributed by atoms with Gasteiger partial charge >= 0.3 is 6.09 Å². The van der Waals surface area contributed by atoms with Crippen LogP contribution in [0.4, 0.5) is 9.93 Å². The first kappa shape index (κ1) is 22.2. The fourth-order valence-electron chi connectivity index (χ4n) is 3.94. The molecule has 1 aromatic heterocycles. The van der Waals surface area contributed by atoms with Gasteiger partial charge in [-0.2, -0.15) is 0 Å². The number of hydrogen-bond donors (Lipinski definition) is 3. The standard InChI is InChI=1S/C23H24N4O3S2/c1-3-13(2)19(20(28)25-21-26-27-23(31)32-21)24-22(29)30-12-18-16-10-6-4-8-14(16)15-9-5-7-11-17(15)18/h4-11,13,18-19H,3,12H2,1-2H3,(H,24,29)(H,27,31)(H,25,26,28)/t13-,19-/m0/s1. The lowest BCUT2D eigenvalue weighted by molar-refractivity contribution is -0.119. The molecule has 9 heteroatoms. The van der Waals surface area contributed by atoms with E-state index in [9.17, 15) is 9.59 Å². The van der Waals surface area contributed by atoms with Gasteiger partial charge in [-0.1, -0.05) is 80.1 Å². The highest BCUT2D eigenvalue weighted by atomic mass is 32.1. The van der Waals surface area contributed by atoms with Crippen LogP contribution in [-0.2, 0) is 9.53 Å². The Morgan fingerprint density at radius 2 is 1.78 bits per heavy atom. The van der Waals surface area contributed by atoms with Crippen LogP contribution in [0, 0.1) is 9.87 Å². The average molecular weight is 469 g/mol. The minimum absolute atomic E-state index is 0.0413. The van der Waals surface area contributed by atoms with Crippen LogP contribution in [0.2, 0.25) is 0 Å². The number of carbonyl (C=O) groups is 2. The molecule has 1 heterocycles. The summed E-state index contributed by atoms with van der Waals surface area (Å²) in [5.41, 5.74) is 4.60. The van der Waals surface area contributed by atoms with Crippen molar-refractivity contribution in [2.24, 2.45) is 5.92 Å². The van der Waals surface area contributed by atoms with Crippen LogP contribution in [0.25, 0.3) is 11.1 Å². The molecule has 0 radical (unpaired) electrons. The highest BCUT2D eigenvalue weighted by Crippen LogP contribution is 2.44. The quantitative estimate of drug-likeness (QED) is 0.420. The molecule has 2 atom stereocenters. The third-order valence-corrected chi connectivity index (χ3v) is 6.79. The molecule has 32 heavy (non-hydrogen) atoms. The lowest BCUT2D eigenvalue weighted by atomic mass is 9.98. The number of aromatic amines is 1. The summed E-state index contributed by atoms with van der Waals surface area (Å²) in [5.74, 6) is -0.492. The van der Waals surface area contributed by atoms with Crippen molar-refractivity contribution in [3.63, 3.8) is 0 Å². The molecule has 0 bridgehead atoms. The number of fused-ring (bicyclic) bond motifs is 3. The van der Waals surface area contributed by atoms with E-state index >= 15 is 0 Å². The number of anilines is 1. The van der Waals surface area contributed by atoms with Crippen molar-refractivity contribution in [3.8, 4) is 11.1 Å². The second kappa shape index (κ2) is 9.62.